The van der Waals surface area contributed by atoms with Crippen LogP contribution >= 0.6 is 0 Å². The smallest absolute Gasteiger partial charge is 0.179 e. The summed E-state index contributed by atoms with van der Waals surface area (Å²) in [5.41, 5.74) is 2.40. The Labute approximate surface area is 113 Å². The molecule has 1 heterocycles. The van der Waals surface area contributed by atoms with Gasteiger partial charge >= 0.3 is 0 Å². The number of benzene rings is 2. The molecule has 0 aromatic heterocycles. The summed E-state index contributed by atoms with van der Waals surface area (Å²) in [4.78, 5) is 1.89. The summed E-state index contributed by atoms with van der Waals surface area (Å²) in [5, 5.41) is 14.8. The Morgan fingerprint density at radius 2 is 2.21 bits per heavy atom. The highest BCUT2D eigenvalue weighted by Gasteiger charge is 2.24. The van der Waals surface area contributed by atoms with Crippen LogP contribution in [0.15, 0.2) is 36.4 Å². The zero-order chi connectivity index (χ0) is 13.2. The lowest BCUT2D eigenvalue weighted by Crippen LogP contribution is -2.16. The fourth-order valence-electron chi connectivity index (χ4n) is 2.96. The highest BCUT2D eigenvalue weighted by Crippen LogP contribution is 2.34. The second-order valence-corrected chi connectivity index (χ2v) is 4.99. The molecule has 0 unspecified atom stereocenters. The third-order valence-electron chi connectivity index (χ3n) is 3.94. The molecule has 0 spiro atoms. The number of hydrogen-bond donors (Lipinski definition) is 1. The minimum absolute atomic E-state index is 0.257. The molecule has 3 heteroatoms. The van der Waals surface area contributed by atoms with Crippen LogP contribution in [0.2, 0.25) is 0 Å². The van der Waals surface area contributed by atoms with Crippen molar-refractivity contribution in [2.75, 3.05) is 18.9 Å². The number of nitrogens with one attached hydrogen (secondary N) is 1. The maximum Gasteiger partial charge on any atom is 0.179 e. The van der Waals surface area contributed by atoms with Gasteiger partial charge in [-0.25, -0.2) is 0 Å². The number of anilines is 1. The Morgan fingerprint density at radius 1 is 1.32 bits per heavy atom. The molecule has 1 aliphatic rings. The summed E-state index contributed by atoms with van der Waals surface area (Å²) >= 11 is 0. The third-order valence-corrected chi connectivity index (χ3v) is 3.94. The van der Waals surface area contributed by atoms with E-state index in [2.05, 4.69) is 47.9 Å². The molecule has 19 heavy (non-hydrogen) atoms. The second-order valence-electron chi connectivity index (χ2n) is 4.99. The SMILES string of the molecule is CNc1cccc2cc([C@@H]3CCCN3C#N)ccc12. The van der Waals surface area contributed by atoms with Crippen molar-refractivity contribution in [1.29, 1.82) is 5.26 Å². The fraction of sp³-hybridized carbons (Fsp3) is 0.312. The summed E-state index contributed by atoms with van der Waals surface area (Å²) in [6, 6.07) is 13.1. The highest BCUT2D eigenvalue weighted by atomic mass is 15.2. The van der Waals surface area contributed by atoms with E-state index in [4.69, 9.17) is 5.26 Å². The molecular formula is C16H17N3. The number of nitrogens with zero attached hydrogens (tertiary/aromatic N) is 2. The Hall–Kier alpha value is -2.21. The summed E-state index contributed by atoms with van der Waals surface area (Å²) in [7, 11) is 1.94. The van der Waals surface area contributed by atoms with Gasteiger partial charge in [0.1, 0.15) is 0 Å². The van der Waals surface area contributed by atoms with Gasteiger partial charge in [0.2, 0.25) is 0 Å². The average Bonchev–Trinajstić information content (AvgIpc) is 2.94. The first-order valence-electron chi connectivity index (χ1n) is 6.70. The van der Waals surface area contributed by atoms with Gasteiger partial charge in [-0.15, -0.1) is 0 Å². The van der Waals surface area contributed by atoms with E-state index in [9.17, 15) is 0 Å². The van der Waals surface area contributed by atoms with Gasteiger partial charge in [-0.2, -0.15) is 5.26 Å². The van der Waals surface area contributed by atoms with E-state index in [1.807, 2.05) is 11.9 Å². The summed E-state index contributed by atoms with van der Waals surface area (Å²) in [6.07, 6.45) is 4.48. The minimum atomic E-state index is 0.257. The number of hydrogen-bond acceptors (Lipinski definition) is 3. The Balaban J connectivity index is 2.05. The highest BCUT2D eigenvalue weighted by molar-refractivity contribution is 5.94. The molecule has 0 saturated carbocycles. The first kappa shape index (κ1) is 11.9. The van der Waals surface area contributed by atoms with E-state index < -0.39 is 0 Å². The molecule has 1 atom stereocenters. The molecule has 96 valence electrons. The minimum Gasteiger partial charge on any atom is -0.388 e. The lowest BCUT2D eigenvalue weighted by atomic mass is 9.99. The number of fused-ring (bicyclic) bond motifs is 1. The van der Waals surface area contributed by atoms with Crippen molar-refractivity contribution >= 4 is 16.5 Å². The van der Waals surface area contributed by atoms with Gasteiger partial charge in [0.25, 0.3) is 0 Å². The van der Waals surface area contributed by atoms with Crippen molar-refractivity contribution < 1.29 is 0 Å². The molecule has 0 radical (unpaired) electrons. The first-order chi connectivity index (χ1) is 9.33. The van der Waals surface area contributed by atoms with Gasteiger partial charge in [-0.1, -0.05) is 24.3 Å². The molecule has 1 aliphatic heterocycles. The largest absolute Gasteiger partial charge is 0.388 e. The van der Waals surface area contributed by atoms with E-state index in [1.165, 1.54) is 16.3 Å². The van der Waals surface area contributed by atoms with Gasteiger partial charge in [0.05, 0.1) is 6.04 Å². The quantitative estimate of drug-likeness (QED) is 0.830. The van der Waals surface area contributed by atoms with Crippen molar-refractivity contribution in [2.24, 2.45) is 0 Å². The molecule has 1 saturated heterocycles. The number of likely N-dealkylation sites (tertiary alicyclic amines) is 1. The van der Waals surface area contributed by atoms with Crippen LogP contribution in [0.5, 0.6) is 0 Å². The number of rotatable bonds is 2. The summed E-state index contributed by atoms with van der Waals surface area (Å²) in [5.74, 6) is 0. The predicted octanol–water partition coefficient (Wildman–Crippen LogP) is 3.50. The van der Waals surface area contributed by atoms with E-state index in [1.54, 1.807) is 0 Å². The standard InChI is InChI=1S/C16H17N3/c1-18-15-5-2-4-12-10-13(7-8-14(12)15)16-6-3-9-19(16)11-17/h2,4-5,7-8,10,16,18H,3,6,9H2,1H3/t16-/m0/s1. The molecule has 0 aliphatic carbocycles. The first-order valence-corrected chi connectivity index (χ1v) is 6.70. The average molecular weight is 251 g/mol. The van der Waals surface area contributed by atoms with Crippen LogP contribution in [0.1, 0.15) is 24.4 Å². The topological polar surface area (TPSA) is 39.1 Å². The predicted molar refractivity (Wildman–Crippen MR) is 77.8 cm³/mol. The second kappa shape index (κ2) is 4.81. The Kier molecular flexibility index (Phi) is 3.00. The normalized spacial score (nSPS) is 18.5. The van der Waals surface area contributed by atoms with Crippen LogP contribution in [0.4, 0.5) is 5.69 Å². The fourth-order valence-corrected chi connectivity index (χ4v) is 2.96. The molecule has 2 aromatic rings. The summed E-state index contributed by atoms with van der Waals surface area (Å²) in [6.45, 7) is 0.885. The van der Waals surface area contributed by atoms with Crippen LogP contribution in [0.3, 0.4) is 0 Å². The molecular weight excluding hydrogens is 234 g/mol. The Morgan fingerprint density at radius 3 is 3.00 bits per heavy atom. The van der Waals surface area contributed by atoms with Gasteiger partial charge in [-0.3, -0.25) is 0 Å². The zero-order valence-electron chi connectivity index (χ0n) is 11.1. The van der Waals surface area contributed by atoms with Crippen LogP contribution in [0.25, 0.3) is 10.8 Å². The van der Waals surface area contributed by atoms with E-state index in [0.29, 0.717) is 0 Å². The maximum absolute atomic E-state index is 9.16. The molecule has 0 bridgehead atoms. The van der Waals surface area contributed by atoms with Gasteiger partial charge < -0.3 is 10.2 Å². The van der Waals surface area contributed by atoms with Crippen LogP contribution in [-0.2, 0) is 0 Å². The Bertz CT molecular complexity index is 642. The van der Waals surface area contributed by atoms with Gasteiger partial charge in [0, 0.05) is 24.7 Å². The molecule has 0 amide bonds. The molecule has 2 aromatic carbocycles. The maximum atomic E-state index is 9.16. The van der Waals surface area contributed by atoms with E-state index >= 15 is 0 Å². The monoisotopic (exact) mass is 251 g/mol. The van der Waals surface area contributed by atoms with E-state index in [0.717, 1.165) is 25.1 Å². The van der Waals surface area contributed by atoms with Gasteiger partial charge in [0.15, 0.2) is 6.19 Å². The van der Waals surface area contributed by atoms with Crippen molar-refractivity contribution in [1.82, 2.24) is 4.90 Å². The lowest BCUT2D eigenvalue weighted by Gasteiger charge is -2.19. The molecule has 3 rings (SSSR count). The number of nitriles is 1. The van der Waals surface area contributed by atoms with Crippen LogP contribution < -0.4 is 5.32 Å². The van der Waals surface area contributed by atoms with Crippen molar-refractivity contribution in [3.63, 3.8) is 0 Å². The van der Waals surface area contributed by atoms with Gasteiger partial charge in [-0.05, 0) is 35.9 Å². The van der Waals surface area contributed by atoms with Crippen LogP contribution in [-0.4, -0.2) is 18.5 Å². The zero-order valence-corrected chi connectivity index (χ0v) is 11.1. The van der Waals surface area contributed by atoms with E-state index in [-0.39, 0.29) is 6.04 Å². The lowest BCUT2D eigenvalue weighted by molar-refractivity contribution is 0.374. The van der Waals surface area contributed by atoms with Crippen molar-refractivity contribution in [3.05, 3.63) is 42.0 Å². The van der Waals surface area contributed by atoms with Crippen molar-refractivity contribution in [3.8, 4) is 6.19 Å². The molecule has 1 fully saturated rings. The van der Waals surface area contributed by atoms with Crippen molar-refractivity contribution in [2.45, 2.75) is 18.9 Å². The molecule has 3 nitrogen and oxygen atoms in total. The third kappa shape index (κ3) is 2.00. The van der Waals surface area contributed by atoms with Crippen LogP contribution in [0, 0.1) is 11.5 Å². The summed E-state index contributed by atoms with van der Waals surface area (Å²) < 4.78 is 0. The molecule has 1 N–H and O–H groups in total.